The predicted octanol–water partition coefficient (Wildman–Crippen LogP) is 2.39. The van der Waals surface area contributed by atoms with E-state index in [1.165, 1.54) is 4.68 Å². The third kappa shape index (κ3) is 5.54. The van der Waals surface area contributed by atoms with Gasteiger partial charge in [-0.3, -0.25) is 0 Å². The quantitative estimate of drug-likeness (QED) is 0.626. The van der Waals surface area contributed by atoms with Gasteiger partial charge in [-0.05, 0) is 47.0 Å². The molecule has 8 nitrogen and oxygen atoms in total. The van der Waals surface area contributed by atoms with Gasteiger partial charge in [0.15, 0.2) is 5.82 Å². The van der Waals surface area contributed by atoms with Crippen molar-refractivity contribution in [2.24, 2.45) is 7.05 Å². The zero-order valence-corrected chi connectivity index (χ0v) is 16.0. The Balaban J connectivity index is 1.38. The van der Waals surface area contributed by atoms with Crippen LogP contribution in [-0.4, -0.2) is 32.8 Å². The molecule has 2 amide bonds. The Hall–Kier alpha value is -3.42. The van der Waals surface area contributed by atoms with E-state index in [0.717, 1.165) is 23.3 Å². The summed E-state index contributed by atoms with van der Waals surface area (Å²) >= 11 is 0. The summed E-state index contributed by atoms with van der Waals surface area (Å²) < 4.78 is 7.31. The van der Waals surface area contributed by atoms with Crippen LogP contribution in [0.15, 0.2) is 54.6 Å². The van der Waals surface area contributed by atoms with E-state index in [4.69, 9.17) is 4.74 Å². The lowest BCUT2D eigenvalue weighted by Crippen LogP contribution is -2.38. The molecule has 0 aliphatic carbocycles. The van der Waals surface area contributed by atoms with Gasteiger partial charge in [-0.2, -0.15) is 0 Å². The molecule has 28 heavy (non-hydrogen) atoms. The van der Waals surface area contributed by atoms with Crippen molar-refractivity contribution in [3.8, 4) is 5.75 Å². The Kier molecular flexibility index (Phi) is 6.56. The number of hydrogen-bond acceptors (Lipinski definition) is 5. The van der Waals surface area contributed by atoms with Crippen LogP contribution >= 0.6 is 0 Å². The Morgan fingerprint density at radius 3 is 2.54 bits per heavy atom. The van der Waals surface area contributed by atoms with Gasteiger partial charge >= 0.3 is 6.03 Å². The van der Waals surface area contributed by atoms with Crippen molar-refractivity contribution in [1.82, 2.24) is 30.8 Å². The first-order chi connectivity index (χ1) is 13.6. The number of carbonyl (C=O) groups is 1. The van der Waals surface area contributed by atoms with Crippen LogP contribution < -0.4 is 15.4 Å². The lowest BCUT2D eigenvalue weighted by molar-refractivity contribution is 0.237. The monoisotopic (exact) mass is 380 g/mol. The fourth-order valence-corrected chi connectivity index (χ4v) is 2.73. The maximum atomic E-state index is 12.0. The van der Waals surface area contributed by atoms with Crippen molar-refractivity contribution in [3.63, 3.8) is 0 Å². The van der Waals surface area contributed by atoms with Crippen LogP contribution in [-0.2, 0) is 20.1 Å². The molecule has 0 unspecified atom stereocenters. The van der Waals surface area contributed by atoms with Crippen molar-refractivity contribution >= 4 is 6.03 Å². The van der Waals surface area contributed by atoms with Gasteiger partial charge in [0.05, 0.1) is 6.04 Å². The second-order valence-electron chi connectivity index (χ2n) is 6.45. The molecule has 2 aromatic carbocycles. The highest BCUT2D eigenvalue weighted by Crippen LogP contribution is 2.14. The van der Waals surface area contributed by atoms with Crippen LogP contribution in [0.2, 0.25) is 0 Å². The van der Waals surface area contributed by atoms with Crippen LogP contribution in [0.3, 0.4) is 0 Å². The molecule has 8 heteroatoms. The third-order valence-electron chi connectivity index (χ3n) is 4.26. The molecule has 0 bridgehead atoms. The third-order valence-corrected chi connectivity index (χ3v) is 4.26. The molecule has 0 fully saturated rings. The van der Waals surface area contributed by atoms with Crippen LogP contribution in [0.25, 0.3) is 0 Å². The number of hydrogen-bond donors (Lipinski definition) is 2. The summed E-state index contributed by atoms with van der Waals surface area (Å²) in [5.74, 6) is 1.42. The fourth-order valence-electron chi connectivity index (χ4n) is 2.73. The van der Waals surface area contributed by atoms with E-state index in [-0.39, 0.29) is 12.1 Å². The van der Waals surface area contributed by atoms with Crippen molar-refractivity contribution in [2.75, 3.05) is 6.54 Å². The molecule has 0 saturated carbocycles. The molecular formula is C20H24N6O2. The lowest BCUT2D eigenvalue weighted by Gasteiger charge is -2.13. The summed E-state index contributed by atoms with van der Waals surface area (Å²) in [5.41, 5.74) is 2.26. The minimum absolute atomic E-state index is 0.252. The van der Waals surface area contributed by atoms with Gasteiger partial charge in [-0.1, -0.05) is 42.5 Å². The molecule has 0 radical (unpaired) electrons. The second kappa shape index (κ2) is 9.50. The standard InChI is InChI=1S/C20H24N6O2/c1-15(19-23-24-25-26(19)2)22-20(27)21-13-12-16-8-10-18(11-9-16)28-14-17-6-4-3-5-7-17/h3-11,15H,12-14H2,1-2H3,(H2,21,22,27)/t15-/m0/s1. The second-order valence-corrected chi connectivity index (χ2v) is 6.45. The molecule has 3 aromatic rings. The largest absolute Gasteiger partial charge is 0.489 e. The van der Waals surface area contributed by atoms with Crippen LogP contribution in [0.4, 0.5) is 4.79 Å². The summed E-state index contributed by atoms with van der Waals surface area (Å²) in [6, 6.07) is 17.4. The van der Waals surface area contributed by atoms with Crippen LogP contribution in [0, 0.1) is 0 Å². The number of benzene rings is 2. The maximum absolute atomic E-state index is 12.0. The maximum Gasteiger partial charge on any atom is 0.315 e. The molecule has 1 aromatic heterocycles. The predicted molar refractivity (Wildman–Crippen MR) is 105 cm³/mol. The zero-order chi connectivity index (χ0) is 19.8. The number of aryl methyl sites for hydroxylation is 1. The first-order valence-corrected chi connectivity index (χ1v) is 9.14. The summed E-state index contributed by atoms with van der Waals surface area (Å²) in [4.78, 5) is 12.0. The highest BCUT2D eigenvalue weighted by atomic mass is 16.5. The number of rotatable bonds is 8. The Labute approximate surface area is 163 Å². The summed E-state index contributed by atoms with van der Waals surface area (Å²) in [5, 5.41) is 16.9. The van der Waals surface area contributed by atoms with Gasteiger partial charge in [-0.25, -0.2) is 9.48 Å². The highest BCUT2D eigenvalue weighted by molar-refractivity contribution is 5.74. The van der Waals surface area contributed by atoms with Gasteiger partial charge in [-0.15, -0.1) is 5.10 Å². The molecule has 1 heterocycles. The van der Waals surface area contributed by atoms with E-state index in [0.29, 0.717) is 19.0 Å². The summed E-state index contributed by atoms with van der Waals surface area (Å²) in [6.45, 7) is 2.90. The Morgan fingerprint density at radius 2 is 1.86 bits per heavy atom. The molecule has 146 valence electrons. The zero-order valence-electron chi connectivity index (χ0n) is 16.0. The Morgan fingerprint density at radius 1 is 1.11 bits per heavy atom. The molecule has 3 rings (SSSR count). The van der Waals surface area contributed by atoms with E-state index in [9.17, 15) is 4.79 Å². The molecule has 2 N–H and O–H groups in total. The van der Waals surface area contributed by atoms with Gasteiger partial charge in [0.2, 0.25) is 0 Å². The van der Waals surface area contributed by atoms with E-state index < -0.39 is 0 Å². The molecule has 0 aliphatic heterocycles. The van der Waals surface area contributed by atoms with Crippen molar-refractivity contribution < 1.29 is 9.53 Å². The van der Waals surface area contributed by atoms with Gasteiger partial charge < -0.3 is 15.4 Å². The number of urea groups is 1. The minimum atomic E-state index is -0.277. The number of tetrazole rings is 1. The van der Waals surface area contributed by atoms with E-state index >= 15 is 0 Å². The number of ether oxygens (including phenoxy) is 1. The van der Waals surface area contributed by atoms with Crippen molar-refractivity contribution in [2.45, 2.75) is 26.0 Å². The number of carbonyl (C=O) groups excluding carboxylic acids is 1. The highest BCUT2D eigenvalue weighted by Gasteiger charge is 2.14. The lowest BCUT2D eigenvalue weighted by atomic mass is 10.1. The van der Waals surface area contributed by atoms with Crippen molar-refractivity contribution in [1.29, 1.82) is 0 Å². The summed E-state index contributed by atoms with van der Waals surface area (Å²) in [7, 11) is 1.73. The number of nitrogens with zero attached hydrogens (tertiary/aromatic N) is 4. The first-order valence-electron chi connectivity index (χ1n) is 9.14. The minimum Gasteiger partial charge on any atom is -0.489 e. The van der Waals surface area contributed by atoms with E-state index in [1.807, 2.05) is 61.5 Å². The summed E-state index contributed by atoms with van der Waals surface area (Å²) in [6.07, 6.45) is 0.728. The molecule has 1 atom stereocenters. The number of aromatic nitrogens is 4. The SMILES string of the molecule is C[C@H](NC(=O)NCCc1ccc(OCc2ccccc2)cc1)c1nnnn1C. The van der Waals surface area contributed by atoms with Gasteiger partial charge in [0.1, 0.15) is 12.4 Å². The molecule has 0 saturated heterocycles. The van der Waals surface area contributed by atoms with Gasteiger partial charge in [0.25, 0.3) is 0 Å². The number of nitrogens with one attached hydrogen (secondary N) is 2. The van der Waals surface area contributed by atoms with E-state index in [1.54, 1.807) is 7.05 Å². The normalized spacial score (nSPS) is 11.6. The van der Waals surface area contributed by atoms with Crippen molar-refractivity contribution in [3.05, 3.63) is 71.5 Å². The average Bonchev–Trinajstić information content (AvgIpc) is 3.14. The molecule has 0 aliphatic rings. The topological polar surface area (TPSA) is 94.0 Å². The van der Waals surface area contributed by atoms with Gasteiger partial charge in [0, 0.05) is 13.6 Å². The smallest absolute Gasteiger partial charge is 0.315 e. The first kappa shape index (κ1) is 19.3. The Bertz CT molecular complexity index is 879. The van der Waals surface area contributed by atoms with E-state index in [2.05, 4.69) is 26.2 Å². The van der Waals surface area contributed by atoms with Crippen LogP contribution in [0.5, 0.6) is 5.75 Å². The molecular weight excluding hydrogens is 356 g/mol. The van der Waals surface area contributed by atoms with Crippen LogP contribution in [0.1, 0.15) is 29.9 Å². The fraction of sp³-hybridized carbons (Fsp3) is 0.300. The number of amides is 2. The molecule has 0 spiro atoms. The average molecular weight is 380 g/mol.